The Morgan fingerprint density at radius 1 is 1.40 bits per heavy atom. The van der Waals surface area contributed by atoms with Gasteiger partial charge in [-0.1, -0.05) is 6.07 Å². The molecular weight excluding hydrogens is 254 g/mol. The molecule has 20 heavy (non-hydrogen) atoms. The van der Waals surface area contributed by atoms with E-state index in [-0.39, 0.29) is 5.91 Å². The molecule has 2 aromatic rings. The fraction of sp³-hybridized carbons (Fsp3) is 0.333. The van der Waals surface area contributed by atoms with Crippen molar-refractivity contribution < 1.29 is 9.53 Å². The molecule has 0 aliphatic rings. The van der Waals surface area contributed by atoms with Crippen LogP contribution in [0.3, 0.4) is 0 Å². The summed E-state index contributed by atoms with van der Waals surface area (Å²) in [7, 11) is 1.58. The summed E-state index contributed by atoms with van der Waals surface area (Å²) >= 11 is 0. The molecule has 0 spiro atoms. The highest BCUT2D eigenvalue weighted by Crippen LogP contribution is 2.13. The molecule has 5 nitrogen and oxygen atoms in total. The number of hydrogen-bond acceptors (Lipinski definition) is 3. The molecule has 0 aliphatic heterocycles. The van der Waals surface area contributed by atoms with E-state index in [1.807, 2.05) is 19.9 Å². The molecule has 0 fully saturated rings. The summed E-state index contributed by atoms with van der Waals surface area (Å²) < 4.78 is 5.11. The number of methoxy groups -OCH3 is 1. The van der Waals surface area contributed by atoms with Gasteiger partial charge in [0.25, 0.3) is 5.91 Å². The summed E-state index contributed by atoms with van der Waals surface area (Å²) in [5.41, 5.74) is 3.80. The average molecular weight is 273 g/mol. The molecule has 5 heteroatoms. The third-order valence-corrected chi connectivity index (χ3v) is 3.27. The minimum atomic E-state index is -0.0947. The van der Waals surface area contributed by atoms with E-state index in [4.69, 9.17) is 4.74 Å². The normalized spacial score (nSPS) is 10.3. The quantitative estimate of drug-likeness (QED) is 0.875. The van der Waals surface area contributed by atoms with Crippen LogP contribution in [0.4, 0.5) is 0 Å². The summed E-state index contributed by atoms with van der Waals surface area (Å²) in [6, 6.07) is 7.11. The second-order valence-electron chi connectivity index (χ2n) is 4.65. The lowest BCUT2D eigenvalue weighted by Gasteiger charge is -2.07. The Balaban J connectivity index is 1.92. The first-order valence-corrected chi connectivity index (χ1v) is 6.54. The van der Waals surface area contributed by atoms with Gasteiger partial charge in [0.15, 0.2) is 0 Å². The van der Waals surface area contributed by atoms with Crippen molar-refractivity contribution in [2.45, 2.75) is 20.3 Å². The molecule has 0 unspecified atom stereocenters. The van der Waals surface area contributed by atoms with E-state index >= 15 is 0 Å². The zero-order valence-electron chi connectivity index (χ0n) is 12.0. The van der Waals surface area contributed by atoms with Crippen LogP contribution in [0.15, 0.2) is 24.3 Å². The van der Waals surface area contributed by atoms with Gasteiger partial charge in [-0.15, -0.1) is 0 Å². The first kappa shape index (κ1) is 14.1. The number of rotatable bonds is 5. The lowest BCUT2D eigenvalue weighted by Crippen LogP contribution is -2.25. The number of hydrogen-bond donors (Lipinski definition) is 2. The monoisotopic (exact) mass is 273 g/mol. The third kappa shape index (κ3) is 3.17. The average Bonchev–Trinajstić information content (AvgIpc) is 2.79. The van der Waals surface area contributed by atoms with Crippen LogP contribution >= 0.6 is 0 Å². The number of aryl methyl sites for hydroxylation is 2. The van der Waals surface area contributed by atoms with Gasteiger partial charge in [0.05, 0.1) is 12.8 Å². The Kier molecular flexibility index (Phi) is 4.40. The molecule has 1 amide bonds. The van der Waals surface area contributed by atoms with E-state index in [9.17, 15) is 4.79 Å². The number of carbonyl (C=O) groups excluding carboxylic acids is 1. The molecule has 0 aliphatic carbocycles. The Labute approximate surface area is 118 Å². The molecule has 0 atom stereocenters. The highest BCUT2D eigenvalue weighted by Gasteiger charge is 2.09. The maximum atomic E-state index is 12.0. The lowest BCUT2D eigenvalue weighted by molar-refractivity contribution is 0.0953. The number of nitrogens with one attached hydrogen (secondary N) is 2. The first-order valence-electron chi connectivity index (χ1n) is 6.54. The van der Waals surface area contributed by atoms with Gasteiger partial charge in [-0.25, -0.2) is 0 Å². The van der Waals surface area contributed by atoms with E-state index < -0.39 is 0 Å². The third-order valence-electron chi connectivity index (χ3n) is 3.27. The summed E-state index contributed by atoms with van der Waals surface area (Å²) in [5, 5.41) is 9.99. The van der Waals surface area contributed by atoms with Gasteiger partial charge in [0, 0.05) is 17.8 Å². The van der Waals surface area contributed by atoms with Crippen molar-refractivity contribution in [2.75, 3.05) is 13.7 Å². The van der Waals surface area contributed by atoms with Crippen LogP contribution in [0, 0.1) is 13.8 Å². The highest BCUT2D eigenvalue weighted by molar-refractivity contribution is 5.94. The number of H-pyrrole nitrogens is 1. The summed E-state index contributed by atoms with van der Waals surface area (Å²) in [4.78, 5) is 12.0. The Morgan fingerprint density at radius 2 is 2.20 bits per heavy atom. The molecule has 2 N–H and O–H groups in total. The van der Waals surface area contributed by atoms with Crippen molar-refractivity contribution in [3.8, 4) is 5.75 Å². The van der Waals surface area contributed by atoms with E-state index in [0.29, 0.717) is 17.9 Å². The Bertz CT molecular complexity index is 585. The van der Waals surface area contributed by atoms with Crippen LogP contribution in [-0.4, -0.2) is 29.8 Å². The second-order valence-corrected chi connectivity index (χ2v) is 4.65. The SMILES string of the molecule is COc1cccc(C(=O)NCCc2c(C)n[nH]c2C)c1. The van der Waals surface area contributed by atoms with Crippen LogP contribution in [0.2, 0.25) is 0 Å². The van der Waals surface area contributed by atoms with Crippen LogP contribution in [0.25, 0.3) is 0 Å². The molecular formula is C15H19N3O2. The highest BCUT2D eigenvalue weighted by atomic mass is 16.5. The van der Waals surface area contributed by atoms with Crippen LogP contribution in [-0.2, 0) is 6.42 Å². The largest absolute Gasteiger partial charge is 0.497 e. The standard InChI is InChI=1S/C15H19N3O2/c1-10-14(11(2)18-17-10)7-8-16-15(19)12-5-4-6-13(9-12)20-3/h4-6,9H,7-8H2,1-3H3,(H,16,19)(H,17,18). The predicted molar refractivity (Wildman–Crippen MR) is 77.1 cm³/mol. The summed E-state index contributed by atoms with van der Waals surface area (Å²) in [6.07, 6.45) is 0.768. The number of aromatic nitrogens is 2. The number of ether oxygens (including phenoxy) is 1. The van der Waals surface area contributed by atoms with Crippen LogP contribution in [0.1, 0.15) is 27.3 Å². The molecule has 0 saturated heterocycles. The van der Waals surface area contributed by atoms with Crippen molar-refractivity contribution in [1.82, 2.24) is 15.5 Å². The molecule has 0 radical (unpaired) electrons. The number of benzene rings is 1. The minimum absolute atomic E-state index is 0.0947. The molecule has 1 heterocycles. The molecule has 1 aromatic heterocycles. The zero-order chi connectivity index (χ0) is 14.5. The van der Waals surface area contributed by atoms with Gasteiger partial charge in [0.1, 0.15) is 5.75 Å². The Hall–Kier alpha value is -2.30. The summed E-state index contributed by atoms with van der Waals surface area (Å²) in [6.45, 7) is 4.53. The molecule has 0 saturated carbocycles. The topological polar surface area (TPSA) is 67.0 Å². The number of aromatic amines is 1. The fourth-order valence-electron chi connectivity index (χ4n) is 2.11. The number of amides is 1. The number of carbonyl (C=O) groups is 1. The van der Waals surface area contributed by atoms with E-state index in [2.05, 4.69) is 15.5 Å². The molecule has 0 bridgehead atoms. The van der Waals surface area contributed by atoms with Gasteiger partial charge in [0.2, 0.25) is 0 Å². The maximum Gasteiger partial charge on any atom is 0.251 e. The van der Waals surface area contributed by atoms with Gasteiger partial charge in [-0.3, -0.25) is 9.89 Å². The first-order chi connectivity index (χ1) is 9.61. The van der Waals surface area contributed by atoms with Crippen molar-refractivity contribution in [3.63, 3.8) is 0 Å². The smallest absolute Gasteiger partial charge is 0.251 e. The second kappa shape index (κ2) is 6.23. The summed E-state index contributed by atoms with van der Waals surface area (Å²) in [5.74, 6) is 0.585. The van der Waals surface area contributed by atoms with Crippen molar-refractivity contribution >= 4 is 5.91 Å². The lowest BCUT2D eigenvalue weighted by atomic mass is 10.1. The van der Waals surface area contributed by atoms with E-state index in [0.717, 1.165) is 23.4 Å². The predicted octanol–water partition coefficient (Wildman–Crippen LogP) is 2.01. The minimum Gasteiger partial charge on any atom is -0.497 e. The van der Waals surface area contributed by atoms with Crippen molar-refractivity contribution in [2.24, 2.45) is 0 Å². The van der Waals surface area contributed by atoms with Crippen molar-refractivity contribution in [1.29, 1.82) is 0 Å². The van der Waals surface area contributed by atoms with Gasteiger partial charge in [-0.05, 0) is 44.0 Å². The van der Waals surface area contributed by atoms with Crippen LogP contribution in [0.5, 0.6) is 5.75 Å². The molecule has 2 rings (SSSR count). The van der Waals surface area contributed by atoms with Gasteiger partial charge >= 0.3 is 0 Å². The molecule has 1 aromatic carbocycles. The van der Waals surface area contributed by atoms with Gasteiger partial charge in [-0.2, -0.15) is 5.10 Å². The Morgan fingerprint density at radius 3 is 2.85 bits per heavy atom. The van der Waals surface area contributed by atoms with E-state index in [1.54, 1.807) is 25.3 Å². The van der Waals surface area contributed by atoms with E-state index in [1.165, 1.54) is 0 Å². The van der Waals surface area contributed by atoms with Crippen molar-refractivity contribution in [3.05, 3.63) is 46.8 Å². The fourth-order valence-corrected chi connectivity index (χ4v) is 2.11. The van der Waals surface area contributed by atoms with Crippen LogP contribution < -0.4 is 10.1 Å². The number of nitrogens with zero attached hydrogens (tertiary/aromatic N) is 1. The molecule has 106 valence electrons. The zero-order valence-corrected chi connectivity index (χ0v) is 12.0. The van der Waals surface area contributed by atoms with Gasteiger partial charge < -0.3 is 10.1 Å². The maximum absolute atomic E-state index is 12.0.